The van der Waals surface area contributed by atoms with Crippen LogP contribution in [0, 0.1) is 6.92 Å². The minimum Gasteiger partial charge on any atom is -0.495 e. The fourth-order valence-electron chi connectivity index (χ4n) is 2.61. The van der Waals surface area contributed by atoms with Crippen LogP contribution in [0.3, 0.4) is 0 Å². The summed E-state index contributed by atoms with van der Waals surface area (Å²) in [6.45, 7) is 1.18. The minimum absolute atomic E-state index is 0.121. The second-order valence-corrected chi connectivity index (χ2v) is 6.18. The topological polar surface area (TPSA) is 82.4 Å². The number of hydrogen-bond donors (Lipinski definition) is 1. The molecule has 0 aliphatic carbocycles. The molecule has 1 N–H and O–H groups in total. The van der Waals surface area contributed by atoms with E-state index >= 15 is 0 Å². The number of rotatable bonds is 6. The molecule has 1 heterocycles. The zero-order chi connectivity index (χ0) is 20.1. The van der Waals surface area contributed by atoms with Crippen molar-refractivity contribution in [2.75, 3.05) is 19.0 Å². The van der Waals surface area contributed by atoms with Crippen LogP contribution in [0.4, 0.5) is 5.69 Å². The van der Waals surface area contributed by atoms with Crippen LogP contribution >= 0.6 is 11.6 Å². The van der Waals surface area contributed by atoms with Gasteiger partial charge in [-0.1, -0.05) is 41.9 Å². The standard InChI is InChI=1S/C20H18ClN3O4/c1-13-18(19(21)24(23-13)14-8-4-3-5-9-14)20(26)28-12-17(25)22-15-10-6-7-11-16(15)27-2/h3-11H,12H2,1-2H3,(H,22,25). The summed E-state index contributed by atoms with van der Waals surface area (Å²) in [5, 5.41) is 7.04. The molecule has 0 saturated heterocycles. The Morgan fingerprint density at radius 3 is 2.50 bits per heavy atom. The molecule has 3 aromatic rings. The largest absolute Gasteiger partial charge is 0.495 e. The molecular weight excluding hydrogens is 382 g/mol. The first-order valence-electron chi connectivity index (χ1n) is 8.41. The normalized spacial score (nSPS) is 10.4. The molecule has 7 nitrogen and oxygen atoms in total. The van der Waals surface area contributed by atoms with Crippen LogP contribution in [-0.4, -0.2) is 35.4 Å². The van der Waals surface area contributed by atoms with E-state index in [4.69, 9.17) is 21.1 Å². The SMILES string of the molecule is COc1ccccc1NC(=O)COC(=O)c1c(C)nn(-c2ccccc2)c1Cl. The molecule has 0 unspecified atom stereocenters. The Morgan fingerprint density at radius 2 is 1.79 bits per heavy atom. The average molecular weight is 400 g/mol. The number of nitrogens with zero attached hydrogens (tertiary/aromatic N) is 2. The smallest absolute Gasteiger partial charge is 0.343 e. The van der Waals surface area contributed by atoms with Crippen molar-refractivity contribution >= 4 is 29.2 Å². The van der Waals surface area contributed by atoms with Crippen molar-refractivity contribution in [1.82, 2.24) is 9.78 Å². The van der Waals surface area contributed by atoms with Crippen LogP contribution in [0.1, 0.15) is 16.1 Å². The van der Waals surface area contributed by atoms with Gasteiger partial charge in [-0.15, -0.1) is 0 Å². The monoisotopic (exact) mass is 399 g/mol. The summed E-state index contributed by atoms with van der Waals surface area (Å²) in [5.41, 5.74) is 1.72. The van der Waals surface area contributed by atoms with Crippen molar-refractivity contribution < 1.29 is 19.1 Å². The van der Waals surface area contributed by atoms with Gasteiger partial charge < -0.3 is 14.8 Å². The van der Waals surface area contributed by atoms with E-state index in [1.807, 2.05) is 30.3 Å². The van der Waals surface area contributed by atoms with Crippen LogP contribution in [-0.2, 0) is 9.53 Å². The molecule has 0 fully saturated rings. The maximum absolute atomic E-state index is 12.4. The lowest BCUT2D eigenvalue weighted by Crippen LogP contribution is -2.21. The predicted molar refractivity (Wildman–Crippen MR) is 105 cm³/mol. The Balaban J connectivity index is 1.68. The lowest BCUT2D eigenvalue weighted by atomic mass is 10.2. The summed E-state index contributed by atoms with van der Waals surface area (Å²) in [6, 6.07) is 16.1. The Bertz CT molecular complexity index is 1000. The van der Waals surface area contributed by atoms with Crippen molar-refractivity contribution in [2.45, 2.75) is 6.92 Å². The lowest BCUT2D eigenvalue weighted by Gasteiger charge is -2.10. The Labute approximate surface area is 166 Å². The lowest BCUT2D eigenvalue weighted by molar-refractivity contribution is -0.119. The molecule has 0 aliphatic heterocycles. The number of para-hydroxylation sites is 3. The first-order chi connectivity index (χ1) is 13.5. The molecular formula is C20H18ClN3O4. The van der Waals surface area contributed by atoms with Crippen LogP contribution in [0.25, 0.3) is 5.69 Å². The molecule has 0 spiro atoms. The Kier molecular flexibility index (Phi) is 5.96. The zero-order valence-electron chi connectivity index (χ0n) is 15.3. The number of amides is 1. The van der Waals surface area contributed by atoms with Gasteiger partial charge in [0.1, 0.15) is 16.5 Å². The Morgan fingerprint density at radius 1 is 1.11 bits per heavy atom. The molecule has 28 heavy (non-hydrogen) atoms. The second-order valence-electron chi connectivity index (χ2n) is 5.82. The van der Waals surface area contributed by atoms with Crippen molar-refractivity contribution in [3.63, 3.8) is 0 Å². The number of benzene rings is 2. The summed E-state index contributed by atoms with van der Waals surface area (Å²) in [6.07, 6.45) is 0. The van der Waals surface area contributed by atoms with Gasteiger partial charge in [0.15, 0.2) is 6.61 Å². The van der Waals surface area contributed by atoms with Gasteiger partial charge in [-0.05, 0) is 31.2 Å². The number of carbonyl (C=O) groups excluding carboxylic acids is 2. The van der Waals surface area contributed by atoms with E-state index < -0.39 is 18.5 Å². The zero-order valence-corrected chi connectivity index (χ0v) is 16.1. The maximum atomic E-state index is 12.4. The van der Waals surface area contributed by atoms with Gasteiger partial charge in [-0.25, -0.2) is 9.48 Å². The quantitative estimate of drug-likeness (QED) is 0.640. The highest BCUT2D eigenvalue weighted by molar-refractivity contribution is 6.33. The van der Waals surface area contributed by atoms with Crippen molar-refractivity contribution in [3.05, 3.63) is 71.0 Å². The van der Waals surface area contributed by atoms with E-state index in [1.54, 1.807) is 31.2 Å². The van der Waals surface area contributed by atoms with Gasteiger partial charge in [0.2, 0.25) is 0 Å². The van der Waals surface area contributed by atoms with Gasteiger partial charge in [-0.3, -0.25) is 4.79 Å². The predicted octanol–water partition coefficient (Wildman–Crippen LogP) is 3.64. The fraction of sp³-hybridized carbons (Fsp3) is 0.150. The number of nitrogens with one attached hydrogen (secondary N) is 1. The average Bonchev–Trinajstić information content (AvgIpc) is 3.01. The highest BCUT2D eigenvalue weighted by Crippen LogP contribution is 2.25. The van der Waals surface area contributed by atoms with Crippen LogP contribution in [0.15, 0.2) is 54.6 Å². The van der Waals surface area contributed by atoms with Gasteiger partial charge in [0, 0.05) is 0 Å². The summed E-state index contributed by atoms with van der Waals surface area (Å²) < 4.78 is 11.7. The number of aromatic nitrogens is 2. The molecule has 0 radical (unpaired) electrons. The van der Waals surface area contributed by atoms with E-state index in [0.717, 1.165) is 0 Å². The maximum Gasteiger partial charge on any atom is 0.343 e. The number of anilines is 1. The molecule has 2 aromatic carbocycles. The van der Waals surface area contributed by atoms with Gasteiger partial charge in [0.05, 0.1) is 24.2 Å². The Hall–Kier alpha value is -3.32. The number of carbonyl (C=O) groups is 2. The first kappa shape index (κ1) is 19.4. The molecule has 1 aromatic heterocycles. The third-order valence-corrected chi connectivity index (χ3v) is 4.27. The van der Waals surface area contributed by atoms with Crippen LogP contribution in [0.5, 0.6) is 5.75 Å². The third-order valence-electron chi connectivity index (χ3n) is 3.92. The molecule has 1 amide bonds. The number of methoxy groups -OCH3 is 1. The van der Waals surface area contributed by atoms with E-state index in [-0.39, 0.29) is 10.7 Å². The van der Waals surface area contributed by atoms with E-state index in [9.17, 15) is 9.59 Å². The first-order valence-corrected chi connectivity index (χ1v) is 8.79. The summed E-state index contributed by atoms with van der Waals surface area (Å²) >= 11 is 6.33. The van der Waals surface area contributed by atoms with E-state index in [1.165, 1.54) is 11.8 Å². The molecule has 0 saturated carbocycles. The van der Waals surface area contributed by atoms with E-state index in [2.05, 4.69) is 10.4 Å². The molecule has 3 rings (SSSR count). The molecule has 8 heteroatoms. The number of halogens is 1. The number of aryl methyl sites for hydroxylation is 1. The molecule has 0 atom stereocenters. The van der Waals surface area contributed by atoms with Crippen LogP contribution in [0.2, 0.25) is 5.15 Å². The van der Waals surface area contributed by atoms with Crippen LogP contribution < -0.4 is 10.1 Å². The fourth-order valence-corrected chi connectivity index (χ4v) is 2.96. The van der Waals surface area contributed by atoms with Crippen molar-refractivity contribution in [3.8, 4) is 11.4 Å². The second kappa shape index (κ2) is 8.58. The number of hydrogen-bond acceptors (Lipinski definition) is 5. The molecule has 144 valence electrons. The highest BCUT2D eigenvalue weighted by atomic mass is 35.5. The highest BCUT2D eigenvalue weighted by Gasteiger charge is 2.23. The van der Waals surface area contributed by atoms with E-state index in [0.29, 0.717) is 22.8 Å². The third kappa shape index (κ3) is 4.15. The number of esters is 1. The number of ether oxygens (including phenoxy) is 2. The molecule has 0 bridgehead atoms. The van der Waals surface area contributed by atoms with Gasteiger partial charge in [-0.2, -0.15) is 5.10 Å². The molecule has 0 aliphatic rings. The summed E-state index contributed by atoms with van der Waals surface area (Å²) in [4.78, 5) is 24.6. The summed E-state index contributed by atoms with van der Waals surface area (Å²) in [5.74, 6) is -0.716. The van der Waals surface area contributed by atoms with Crippen molar-refractivity contribution in [2.24, 2.45) is 0 Å². The van der Waals surface area contributed by atoms with Gasteiger partial charge in [0.25, 0.3) is 5.91 Å². The minimum atomic E-state index is -0.722. The summed E-state index contributed by atoms with van der Waals surface area (Å²) in [7, 11) is 1.50. The van der Waals surface area contributed by atoms with Crippen molar-refractivity contribution in [1.29, 1.82) is 0 Å². The van der Waals surface area contributed by atoms with Gasteiger partial charge >= 0.3 is 5.97 Å².